The molecule has 6 heteroatoms. The molecule has 4 rings (SSSR count). The number of hydrogen-bond donors (Lipinski definition) is 1. The largest absolute Gasteiger partial charge is 0.376 e. The molecule has 1 N–H and O–H groups in total. The van der Waals surface area contributed by atoms with Crippen LogP contribution in [0.1, 0.15) is 41.7 Å². The molecule has 0 aliphatic carbocycles. The molecule has 2 aliphatic rings. The third-order valence-electron chi connectivity index (χ3n) is 6.10. The van der Waals surface area contributed by atoms with Crippen molar-refractivity contribution >= 4 is 5.91 Å². The molecular formula is C23H30FN3O2. The maximum atomic E-state index is 13.9. The molecule has 1 aromatic carbocycles. The fourth-order valence-corrected chi connectivity index (χ4v) is 4.41. The molecule has 0 saturated carbocycles. The van der Waals surface area contributed by atoms with Gasteiger partial charge in [-0.2, -0.15) is 0 Å². The Labute approximate surface area is 171 Å². The summed E-state index contributed by atoms with van der Waals surface area (Å²) in [5.74, 6) is 0.389. The van der Waals surface area contributed by atoms with E-state index in [1.165, 1.54) is 6.07 Å². The highest BCUT2D eigenvalue weighted by Crippen LogP contribution is 2.23. The van der Waals surface area contributed by atoms with Crippen molar-refractivity contribution in [1.82, 2.24) is 14.8 Å². The number of halogens is 1. The summed E-state index contributed by atoms with van der Waals surface area (Å²) in [5.41, 5.74) is 1.40. The van der Waals surface area contributed by atoms with Crippen molar-refractivity contribution in [1.29, 1.82) is 0 Å². The zero-order valence-corrected chi connectivity index (χ0v) is 16.9. The van der Waals surface area contributed by atoms with Crippen molar-refractivity contribution in [3.8, 4) is 0 Å². The van der Waals surface area contributed by atoms with Crippen LogP contribution in [0.5, 0.6) is 0 Å². The Morgan fingerprint density at radius 1 is 1.14 bits per heavy atom. The van der Waals surface area contributed by atoms with E-state index in [1.807, 2.05) is 29.2 Å². The van der Waals surface area contributed by atoms with Gasteiger partial charge in [-0.25, -0.2) is 4.39 Å². The fraction of sp³-hybridized carbons (Fsp3) is 0.522. The molecule has 0 radical (unpaired) electrons. The summed E-state index contributed by atoms with van der Waals surface area (Å²) in [5, 5.41) is 0. The molecule has 2 fully saturated rings. The monoisotopic (exact) mass is 399 g/mol. The normalized spacial score (nSPS) is 20.8. The van der Waals surface area contributed by atoms with E-state index in [9.17, 15) is 9.18 Å². The number of benzene rings is 1. The van der Waals surface area contributed by atoms with Gasteiger partial charge in [-0.1, -0.05) is 18.2 Å². The molecule has 1 amide bonds. The average Bonchev–Trinajstić information content (AvgIpc) is 3.44. The maximum absolute atomic E-state index is 13.9. The SMILES string of the molecule is O=C(c1ccc[nH]1)N(CC1CCN(Cc2ccccc2F)CC1)C[C@@H]1CCCO1. The van der Waals surface area contributed by atoms with Gasteiger partial charge in [0, 0.05) is 38.0 Å². The first kappa shape index (κ1) is 20.1. The number of piperidine rings is 1. The molecular weight excluding hydrogens is 369 g/mol. The van der Waals surface area contributed by atoms with Gasteiger partial charge in [0.1, 0.15) is 11.5 Å². The molecule has 29 heavy (non-hydrogen) atoms. The van der Waals surface area contributed by atoms with Crippen LogP contribution in [-0.4, -0.2) is 59.6 Å². The van der Waals surface area contributed by atoms with Crippen molar-refractivity contribution in [2.45, 2.75) is 38.3 Å². The standard InChI is InChI=1S/C23H30FN3O2/c24-21-7-2-1-5-19(21)16-26-12-9-18(10-13-26)15-27(17-20-6-4-14-29-20)23(28)22-8-3-11-25-22/h1-3,5,7-8,11,18,20,25H,4,6,9-10,12-17H2/t20-/m0/s1. The average molecular weight is 400 g/mol. The Bertz CT molecular complexity index is 781. The van der Waals surface area contributed by atoms with Gasteiger partial charge >= 0.3 is 0 Å². The van der Waals surface area contributed by atoms with Crippen LogP contribution in [0.2, 0.25) is 0 Å². The number of likely N-dealkylation sites (tertiary alicyclic amines) is 1. The first-order valence-corrected chi connectivity index (χ1v) is 10.7. The van der Waals surface area contributed by atoms with Gasteiger partial charge in [-0.05, 0) is 62.9 Å². The second-order valence-electron chi connectivity index (χ2n) is 8.24. The van der Waals surface area contributed by atoms with Crippen LogP contribution in [0.4, 0.5) is 4.39 Å². The highest BCUT2D eigenvalue weighted by molar-refractivity contribution is 5.92. The van der Waals surface area contributed by atoms with Gasteiger partial charge in [0.05, 0.1) is 6.10 Å². The summed E-state index contributed by atoms with van der Waals surface area (Å²) in [6.45, 7) is 4.73. The van der Waals surface area contributed by atoms with Crippen LogP contribution in [0.25, 0.3) is 0 Å². The molecule has 3 heterocycles. The summed E-state index contributed by atoms with van der Waals surface area (Å²) in [6, 6.07) is 10.7. The quantitative estimate of drug-likeness (QED) is 0.773. The first-order chi connectivity index (χ1) is 14.2. The fourth-order valence-electron chi connectivity index (χ4n) is 4.41. The second kappa shape index (κ2) is 9.55. The van der Waals surface area contributed by atoms with E-state index in [4.69, 9.17) is 4.74 Å². The lowest BCUT2D eigenvalue weighted by Crippen LogP contribution is -2.43. The maximum Gasteiger partial charge on any atom is 0.270 e. The van der Waals surface area contributed by atoms with Crippen LogP contribution in [-0.2, 0) is 11.3 Å². The van der Waals surface area contributed by atoms with Gasteiger partial charge in [0.2, 0.25) is 0 Å². The van der Waals surface area contributed by atoms with Gasteiger partial charge in [0.25, 0.3) is 5.91 Å². The molecule has 0 unspecified atom stereocenters. The molecule has 1 aromatic heterocycles. The van der Waals surface area contributed by atoms with Gasteiger partial charge < -0.3 is 14.6 Å². The molecule has 2 saturated heterocycles. The zero-order chi connectivity index (χ0) is 20.1. The van der Waals surface area contributed by atoms with E-state index < -0.39 is 0 Å². The summed E-state index contributed by atoms with van der Waals surface area (Å²) in [6.07, 6.45) is 6.08. The minimum atomic E-state index is -0.131. The second-order valence-corrected chi connectivity index (χ2v) is 8.24. The van der Waals surface area contributed by atoms with Crippen LogP contribution >= 0.6 is 0 Å². The lowest BCUT2D eigenvalue weighted by molar-refractivity contribution is 0.0440. The van der Waals surface area contributed by atoms with Crippen molar-refractivity contribution in [3.63, 3.8) is 0 Å². The van der Waals surface area contributed by atoms with E-state index in [-0.39, 0.29) is 17.8 Å². The van der Waals surface area contributed by atoms with Crippen LogP contribution in [0, 0.1) is 11.7 Å². The van der Waals surface area contributed by atoms with E-state index in [1.54, 1.807) is 12.3 Å². The van der Waals surface area contributed by atoms with Crippen LogP contribution in [0.15, 0.2) is 42.6 Å². The van der Waals surface area contributed by atoms with Crippen LogP contribution in [0.3, 0.4) is 0 Å². The Morgan fingerprint density at radius 2 is 1.97 bits per heavy atom. The van der Waals surface area contributed by atoms with Crippen molar-refractivity contribution in [3.05, 3.63) is 59.7 Å². The molecule has 5 nitrogen and oxygen atoms in total. The Hall–Kier alpha value is -2.18. The molecule has 1 atom stereocenters. The van der Waals surface area contributed by atoms with Gasteiger partial charge in [-0.3, -0.25) is 9.69 Å². The predicted octanol–water partition coefficient (Wildman–Crippen LogP) is 3.69. The van der Waals surface area contributed by atoms with E-state index in [2.05, 4.69) is 9.88 Å². The number of hydrogen-bond acceptors (Lipinski definition) is 3. The van der Waals surface area contributed by atoms with Crippen molar-refractivity contribution in [2.75, 3.05) is 32.8 Å². The third kappa shape index (κ3) is 5.25. The summed E-state index contributed by atoms with van der Waals surface area (Å²) >= 11 is 0. The smallest absolute Gasteiger partial charge is 0.270 e. The summed E-state index contributed by atoms with van der Waals surface area (Å²) in [4.78, 5) is 20.3. The summed E-state index contributed by atoms with van der Waals surface area (Å²) in [7, 11) is 0. The first-order valence-electron chi connectivity index (χ1n) is 10.7. The molecule has 0 spiro atoms. The van der Waals surface area contributed by atoms with Crippen molar-refractivity contribution in [2.24, 2.45) is 5.92 Å². The number of carbonyl (C=O) groups is 1. The Balaban J connectivity index is 1.33. The number of rotatable bonds is 7. The Morgan fingerprint density at radius 3 is 2.66 bits per heavy atom. The van der Waals surface area contributed by atoms with Gasteiger partial charge in [0.15, 0.2) is 0 Å². The van der Waals surface area contributed by atoms with E-state index in [0.29, 0.717) is 24.7 Å². The molecule has 156 valence electrons. The Kier molecular flexibility index (Phi) is 6.62. The van der Waals surface area contributed by atoms with E-state index >= 15 is 0 Å². The minimum Gasteiger partial charge on any atom is -0.376 e. The topological polar surface area (TPSA) is 48.6 Å². The number of amides is 1. The highest BCUT2D eigenvalue weighted by Gasteiger charge is 2.28. The number of nitrogens with zero attached hydrogens (tertiary/aromatic N) is 2. The summed E-state index contributed by atoms with van der Waals surface area (Å²) < 4.78 is 19.7. The number of ether oxygens (including phenoxy) is 1. The molecule has 2 aliphatic heterocycles. The minimum absolute atomic E-state index is 0.0549. The number of nitrogens with one attached hydrogen (secondary N) is 1. The zero-order valence-electron chi connectivity index (χ0n) is 16.9. The molecule has 2 aromatic rings. The number of H-pyrrole nitrogens is 1. The number of aromatic nitrogens is 1. The lowest BCUT2D eigenvalue weighted by atomic mass is 9.95. The number of carbonyl (C=O) groups excluding carboxylic acids is 1. The number of aromatic amines is 1. The highest BCUT2D eigenvalue weighted by atomic mass is 19.1. The van der Waals surface area contributed by atoms with E-state index in [0.717, 1.165) is 57.5 Å². The van der Waals surface area contributed by atoms with Crippen molar-refractivity contribution < 1.29 is 13.9 Å². The third-order valence-corrected chi connectivity index (χ3v) is 6.10. The molecule has 0 bridgehead atoms. The van der Waals surface area contributed by atoms with Crippen LogP contribution < -0.4 is 0 Å². The lowest BCUT2D eigenvalue weighted by Gasteiger charge is -2.35. The predicted molar refractivity (Wildman–Crippen MR) is 110 cm³/mol. The van der Waals surface area contributed by atoms with Gasteiger partial charge in [-0.15, -0.1) is 0 Å².